The van der Waals surface area contributed by atoms with E-state index >= 15 is 0 Å². The fourth-order valence-electron chi connectivity index (χ4n) is 3.44. The highest BCUT2D eigenvalue weighted by Gasteiger charge is 2.30. The molecule has 2 heterocycles. The molecule has 2 aromatic carbocycles. The number of aryl methyl sites for hydroxylation is 1. The molecule has 0 spiro atoms. The summed E-state index contributed by atoms with van der Waals surface area (Å²) in [7, 11) is 2.76. The molecule has 9 nitrogen and oxygen atoms in total. The maximum absolute atomic E-state index is 13.8. The van der Waals surface area contributed by atoms with Crippen molar-refractivity contribution in [2.24, 2.45) is 0 Å². The number of nitro benzene ring substituents is 1. The smallest absolute Gasteiger partial charge is 0.286 e. The molecule has 2 aromatic heterocycles. The summed E-state index contributed by atoms with van der Waals surface area (Å²) in [6, 6.07) is 9.65. The summed E-state index contributed by atoms with van der Waals surface area (Å²) < 4.78 is 11.3. The number of hydrogen-bond donors (Lipinski definition) is 0. The van der Waals surface area contributed by atoms with Crippen molar-refractivity contribution in [3.63, 3.8) is 0 Å². The molecule has 4 rings (SSSR count). The Labute approximate surface area is 203 Å². The van der Waals surface area contributed by atoms with Gasteiger partial charge in [0.05, 0.1) is 42.0 Å². The monoisotopic (exact) mass is 498 g/mol. The Balaban J connectivity index is 1.89. The molecule has 0 aliphatic heterocycles. The molecule has 0 unspecified atom stereocenters. The number of methoxy groups -OCH3 is 2. The fraction of sp³-hybridized carbons (Fsp3) is 0.174. The van der Waals surface area contributed by atoms with Gasteiger partial charge in [-0.25, -0.2) is 4.98 Å². The number of fused-ring (bicyclic) bond motifs is 1. The maximum Gasteiger partial charge on any atom is 0.286 e. The SMILES string of the molecule is COc1cc(C(=O)N(Cc2cccnc2)c2nc3c(C)c(Cl)ccc3s2)c([N+](=O)[O-])cc1OC. The standard InChI is InChI=1S/C23H19ClN4O5S/c1-13-16(24)6-7-20-21(13)26-23(34-20)27(12-14-5-4-8-25-11-14)22(29)15-9-18(32-2)19(33-3)10-17(15)28(30)31/h4-11H,12H2,1-3H3. The highest BCUT2D eigenvalue weighted by Crippen LogP contribution is 2.38. The third-order valence-corrected chi connectivity index (χ3v) is 6.66. The Bertz CT molecular complexity index is 1390. The first kappa shape index (κ1) is 23.4. The predicted octanol–water partition coefficient (Wildman–Crippen LogP) is 5.43. The number of hydrogen-bond acceptors (Lipinski definition) is 8. The van der Waals surface area contributed by atoms with Gasteiger partial charge in [-0.1, -0.05) is 29.0 Å². The van der Waals surface area contributed by atoms with E-state index < -0.39 is 16.5 Å². The molecule has 0 fully saturated rings. The number of benzene rings is 2. The summed E-state index contributed by atoms with van der Waals surface area (Å²) in [5.41, 5.74) is 1.62. The molecular formula is C23H19ClN4O5S. The van der Waals surface area contributed by atoms with Crippen molar-refractivity contribution >= 4 is 49.9 Å². The zero-order valence-electron chi connectivity index (χ0n) is 18.4. The molecule has 174 valence electrons. The van der Waals surface area contributed by atoms with Crippen LogP contribution in [0.5, 0.6) is 11.5 Å². The van der Waals surface area contributed by atoms with Gasteiger partial charge in [0.2, 0.25) is 0 Å². The average molecular weight is 499 g/mol. The first-order valence-corrected chi connectivity index (χ1v) is 11.2. The van der Waals surface area contributed by atoms with Crippen LogP contribution in [-0.2, 0) is 6.54 Å². The van der Waals surface area contributed by atoms with Gasteiger partial charge in [-0.05, 0) is 36.2 Å². The molecule has 11 heteroatoms. The molecule has 4 aromatic rings. The summed E-state index contributed by atoms with van der Waals surface area (Å²) in [5.74, 6) is -0.265. The van der Waals surface area contributed by atoms with E-state index in [1.54, 1.807) is 24.5 Å². The number of nitro groups is 1. The van der Waals surface area contributed by atoms with Crippen molar-refractivity contribution < 1.29 is 19.2 Å². The summed E-state index contributed by atoms with van der Waals surface area (Å²) in [6.07, 6.45) is 3.25. The summed E-state index contributed by atoms with van der Waals surface area (Å²) in [5, 5.41) is 12.8. The number of anilines is 1. The lowest BCUT2D eigenvalue weighted by Gasteiger charge is -2.20. The minimum Gasteiger partial charge on any atom is -0.493 e. The molecular weight excluding hydrogens is 480 g/mol. The predicted molar refractivity (Wildman–Crippen MR) is 130 cm³/mol. The number of rotatable bonds is 7. The van der Waals surface area contributed by atoms with E-state index in [2.05, 4.69) is 9.97 Å². The van der Waals surface area contributed by atoms with Crippen LogP contribution >= 0.6 is 22.9 Å². The molecule has 0 saturated heterocycles. The molecule has 0 aliphatic carbocycles. The number of nitrogens with zero attached hydrogens (tertiary/aromatic N) is 4. The van der Waals surface area contributed by atoms with Crippen molar-refractivity contribution in [3.8, 4) is 11.5 Å². The Morgan fingerprint density at radius 3 is 2.59 bits per heavy atom. The van der Waals surface area contributed by atoms with Crippen molar-refractivity contribution in [2.75, 3.05) is 19.1 Å². The highest BCUT2D eigenvalue weighted by molar-refractivity contribution is 7.22. The van der Waals surface area contributed by atoms with E-state index in [1.165, 1.54) is 42.6 Å². The Kier molecular flexibility index (Phi) is 6.62. The summed E-state index contributed by atoms with van der Waals surface area (Å²) in [6.45, 7) is 1.95. The average Bonchev–Trinajstić information content (AvgIpc) is 3.29. The maximum atomic E-state index is 13.8. The molecule has 0 saturated carbocycles. The molecule has 34 heavy (non-hydrogen) atoms. The zero-order valence-corrected chi connectivity index (χ0v) is 20.0. The zero-order chi connectivity index (χ0) is 24.4. The lowest BCUT2D eigenvalue weighted by molar-refractivity contribution is -0.385. The van der Waals surface area contributed by atoms with Crippen molar-refractivity contribution in [1.29, 1.82) is 0 Å². The van der Waals surface area contributed by atoms with Crippen LogP contribution in [-0.4, -0.2) is 35.0 Å². The van der Waals surface area contributed by atoms with Crippen LogP contribution in [0.1, 0.15) is 21.5 Å². The van der Waals surface area contributed by atoms with Gasteiger partial charge >= 0.3 is 0 Å². The van der Waals surface area contributed by atoms with Gasteiger partial charge in [-0.3, -0.25) is 24.8 Å². The van der Waals surface area contributed by atoms with Gasteiger partial charge in [0.1, 0.15) is 5.56 Å². The number of carbonyl (C=O) groups is 1. The number of pyridine rings is 1. The van der Waals surface area contributed by atoms with E-state index in [4.69, 9.17) is 21.1 Å². The molecule has 0 N–H and O–H groups in total. The van der Waals surface area contributed by atoms with E-state index in [9.17, 15) is 14.9 Å². The second-order valence-electron chi connectivity index (χ2n) is 7.25. The van der Waals surface area contributed by atoms with Crippen LogP contribution in [0.25, 0.3) is 10.2 Å². The molecule has 0 radical (unpaired) electrons. The number of ether oxygens (including phenoxy) is 2. The van der Waals surface area contributed by atoms with E-state index in [1.807, 2.05) is 19.1 Å². The Hall–Kier alpha value is -3.76. The number of thiazole rings is 1. The summed E-state index contributed by atoms with van der Waals surface area (Å²) in [4.78, 5) is 35.2. The molecule has 0 aliphatic rings. The Morgan fingerprint density at radius 2 is 1.94 bits per heavy atom. The lowest BCUT2D eigenvalue weighted by Crippen LogP contribution is -2.31. The van der Waals surface area contributed by atoms with E-state index in [0.717, 1.165) is 15.8 Å². The van der Waals surface area contributed by atoms with Gasteiger partial charge < -0.3 is 9.47 Å². The minimum absolute atomic E-state index is 0.102. The van der Waals surface area contributed by atoms with Crippen LogP contribution in [0.15, 0.2) is 48.8 Å². The fourth-order valence-corrected chi connectivity index (χ4v) is 4.62. The third kappa shape index (κ3) is 4.37. The Morgan fingerprint density at radius 1 is 1.21 bits per heavy atom. The van der Waals surface area contributed by atoms with Crippen molar-refractivity contribution in [1.82, 2.24) is 9.97 Å². The van der Waals surface area contributed by atoms with Crippen molar-refractivity contribution in [3.05, 3.63) is 80.6 Å². The van der Waals surface area contributed by atoms with Gasteiger partial charge in [-0.15, -0.1) is 0 Å². The second kappa shape index (κ2) is 9.62. The van der Waals surface area contributed by atoms with Gasteiger partial charge in [0, 0.05) is 23.5 Å². The van der Waals surface area contributed by atoms with Gasteiger partial charge in [0.25, 0.3) is 11.6 Å². The quantitative estimate of drug-likeness (QED) is 0.247. The minimum atomic E-state index is -0.625. The first-order chi connectivity index (χ1) is 16.3. The second-order valence-corrected chi connectivity index (χ2v) is 8.67. The van der Waals surface area contributed by atoms with E-state index in [0.29, 0.717) is 15.7 Å². The highest BCUT2D eigenvalue weighted by atomic mass is 35.5. The van der Waals surface area contributed by atoms with Crippen molar-refractivity contribution in [2.45, 2.75) is 13.5 Å². The number of aromatic nitrogens is 2. The van der Waals surface area contributed by atoms with Gasteiger partial charge in [-0.2, -0.15) is 0 Å². The number of amides is 1. The van der Waals surface area contributed by atoms with Crippen LogP contribution in [0.4, 0.5) is 10.8 Å². The van der Waals surface area contributed by atoms with E-state index in [-0.39, 0.29) is 23.6 Å². The molecule has 0 bridgehead atoms. The summed E-state index contributed by atoms with van der Waals surface area (Å²) >= 11 is 7.55. The van der Waals surface area contributed by atoms with Crippen LogP contribution < -0.4 is 14.4 Å². The van der Waals surface area contributed by atoms with Crippen LogP contribution in [0, 0.1) is 17.0 Å². The number of halogens is 1. The van der Waals surface area contributed by atoms with Crippen LogP contribution in [0.2, 0.25) is 5.02 Å². The molecule has 1 amide bonds. The third-order valence-electron chi connectivity index (χ3n) is 5.21. The van der Waals surface area contributed by atoms with Crippen LogP contribution in [0.3, 0.4) is 0 Å². The normalized spacial score (nSPS) is 10.8. The van der Waals surface area contributed by atoms with Gasteiger partial charge in [0.15, 0.2) is 16.6 Å². The largest absolute Gasteiger partial charge is 0.493 e. The number of carbonyl (C=O) groups excluding carboxylic acids is 1. The molecule has 0 atom stereocenters. The topological polar surface area (TPSA) is 108 Å². The first-order valence-electron chi connectivity index (χ1n) is 10.0. The lowest BCUT2D eigenvalue weighted by atomic mass is 10.1.